The van der Waals surface area contributed by atoms with Gasteiger partial charge in [0.25, 0.3) is 0 Å². The number of hydrogen-bond donors (Lipinski definition) is 0. The van der Waals surface area contributed by atoms with E-state index in [1.54, 1.807) is 0 Å². The maximum Gasteiger partial charge on any atom is 0.200 e. The van der Waals surface area contributed by atoms with Gasteiger partial charge in [-0.3, -0.25) is 4.79 Å². The molecule has 1 aliphatic heterocycles. The highest BCUT2D eigenvalue weighted by Gasteiger charge is 2.51. The summed E-state index contributed by atoms with van der Waals surface area (Å²) < 4.78 is 6.50. The van der Waals surface area contributed by atoms with E-state index < -0.39 is 5.41 Å². The summed E-state index contributed by atoms with van der Waals surface area (Å²) in [5.74, 6) is 0. The van der Waals surface area contributed by atoms with Gasteiger partial charge in [0.1, 0.15) is 11.2 Å². The van der Waals surface area contributed by atoms with Crippen LogP contribution < -0.4 is 10.3 Å². The Balaban J connectivity index is 1.32. The van der Waals surface area contributed by atoms with Gasteiger partial charge in [-0.05, 0) is 92.4 Å². The van der Waals surface area contributed by atoms with Gasteiger partial charge in [-0.1, -0.05) is 150 Å². The summed E-state index contributed by atoms with van der Waals surface area (Å²) in [6, 6.07) is 56.5. The van der Waals surface area contributed by atoms with E-state index in [9.17, 15) is 4.79 Å². The lowest BCUT2D eigenvalue weighted by molar-refractivity contribution is 0.587. The van der Waals surface area contributed by atoms with Gasteiger partial charge < -0.3 is 9.32 Å². The lowest BCUT2D eigenvalue weighted by Gasteiger charge is -2.48. The summed E-state index contributed by atoms with van der Waals surface area (Å²) >= 11 is 0. The Morgan fingerprint density at radius 2 is 1.19 bits per heavy atom. The van der Waals surface area contributed by atoms with Crippen molar-refractivity contribution in [1.82, 2.24) is 0 Å². The van der Waals surface area contributed by atoms with E-state index in [1.807, 2.05) is 24.3 Å². The van der Waals surface area contributed by atoms with Gasteiger partial charge in [0.15, 0.2) is 0 Å². The molecule has 3 nitrogen and oxygen atoms in total. The van der Waals surface area contributed by atoms with Crippen molar-refractivity contribution in [3.05, 3.63) is 207 Å². The number of fused-ring (bicyclic) bond motifs is 8. The summed E-state index contributed by atoms with van der Waals surface area (Å²) in [4.78, 5) is 16.7. The van der Waals surface area contributed by atoms with Gasteiger partial charge in [-0.15, -0.1) is 0 Å². The van der Waals surface area contributed by atoms with Crippen molar-refractivity contribution in [1.29, 1.82) is 0 Å². The van der Waals surface area contributed by atoms with E-state index in [1.165, 1.54) is 44.5 Å². The second-order valence-corrected chi connectivity index (χ2v) is 16.5. The number of hydrogen-bond acceptors (Lipinski definition) is 3. The van der Waals surface area contributed by atoms with Crippen molar-refractivity contribution in [2.45, 2.75) is 50.9 Å². The van der Waals surface area contributed by atoms with Crippen LogP contribution in [-0.2, 0) is 16.2 Å². The topological polar surface area (TPSA) is 33.5 Å². The number of rotatable bonds is 3. The van der Waals surface area contributed by atoms with E-state index in [0.29, 0.717) is 21.9 Å². The highest BCUT2D eigenvalue weighted by atomic mass is 16.3. The molecule has 0 bridgehead atoms. The molecular formula is C51H41NO2. The molecule has 0 saturated heterocycles. The first kappa shape index (κ1) is 32.5. The van der Waals surface area contributed by atoms with Crippen LogP contribution in [0, 0.1) is 0 Å². The van der Waals surface area contributed by atoms with E-state index in [4.69, 9.17) is 4.42 Å². The van der Waals surface area contributed by atoms with Crippen molar-refractivity contribution < 1.29 is 4.42 Å². The first-order valence-corrected chi connectivity index (χ1v) is 18.9. The summed E-state index contributed by atoms with van der Waals surface area (Å²) in [6.07, 6.45) is 0. The minimum absolute atomic E-state index is 0.0208. The van der Waals surface area contributed by atoms with Crippen molar-refractivity contribution in [2.75, 3.05) is 4.90 Å². The third-order valence-corrected chi connectivity index (χ3v) is 12.1. The van der Waals surface area contributed by atoms with Gasteiger partial charge in [0.2, 0.25) is 5.43 Å². The maximum absolute atomic E-state index is 14.3. The average Bonchev–Trinajstić information content (AvgIpc) is 3.43. The van der Waals surface area contributed by atoms with E-state index >= 15 is 0 Å². The van der Waals surface area contributed by atoms with Crippen molar-refractivity contribution in [2.24, 2.45) is 0 Å². The molecule has 262 valence electrons. The largest absolute Gasteiger partial charge is 0.456 e. The molecule has 10 rings (SSSR count). The second kappa shape index (κ2) is 11.4. The van der Waals surface area contributed by atoms with Gasteiger partial charge >= 0.3 is 0 Å². The minimum Gasteiger partial charge on any atom is -0.456 e. The van der Waals surface area contributed by atoms with E-state index in [-0.39, 0.29) is 16.3 Å². The SMILES string of the molecule is CC(C)(C)c1ccc2c(=O)c3cc(N4c5ccccc5C(c5ccccc5)(c5ccccc5)c5c4ccc4c5C(C)(C)c5ccccc5-4)ccc3oc2c1. The van der Waals surface area contributed by atoms with Crippen LogP contribution in [0.4, 0.5) is 17.1 Å². The molecule has 0 unspecified atom stereocenters. The smallest absolute Gasteiger partial charge is 0.200 e. The van der Waals surface area contributed by atoms with Crippen LogP contribution in [-0.4, -0.2) is 0 Å². The van der Waals surface area contributed by atoms with Crippen LogP contribution in [0.5, 0.6) is 0 Å². The molecule has 0 saturated carbocycles. The summed E-state index contributed by atoms with van der Waals surface area (Å²) in [5, 5.41) is 1.16. The molecule has 1 aromatic heterocycles. The van der Waals surface area contributed by atoms with Crippen LogP contribution in [0.1, 0.15) is 73.6 Å². The Kier molecular flexibility index (Phi) is 6.86. The molecule has 0 amide bonds. The number of nitrogens with zero attached hydrogens (tertiary/aromatic N) is 1. The summed E-state index contributed by atoms with van der Waals surface area (Å²) in [6.45, 7) is 11.3. The van der Waals surface area contributed by atoms with Crippen molar-refractivity contribution in [3.8, 4) is 11.1 Å². The number of para-hydroxylation sites is 1. The van der Waals surface area contributed by atoms with Gasteiger partial charge in [-0.25, -0.2) is 0 Å². The van der Waals surface area contributed by atoms with Crippen LogP contribution in [0.25, 0.3) is 33.1 Å². The molecule has 2 aliphatic rings. The fraction of sp³-hybridized carbons (Fsp3) is 0.157. The summed E-state index contributed by atoms with van der Waals surface area (Å²) in [5.41, 5.74) is 14.5. The molecule has 0 fully saturated rings. The zero-order chi connectivity index (χ0) is 37.0. The lowest BCUT2D eigenvalue weighted by atomic mass is 9.59. The first-order chi connectivity index (χ1) is 26.1. The Bertz CT molecular complexity index is 2820. The molecule has 1 aliphatic carbocycles. The highest BCUT2D eigenvalue weighted by molar-refractivity contribution is 5.98. The molecule has 0 atom stereocenters. The Hall–Kier alpha value is -6.19. The van der Waals surface area contributed by atoms with Crippen molar-refractivity contribution in [3.63, 3.8) is 0 Å². The lowest BCUT2D eigenvalue weighted by Crippen LogP contribution is -2.40. The van der Waals surface area contributed by atoms with Gasteiger partial charge in [0, 0.05) is 16.7 Å². The maximum atomic E-state index is 14.3. The minimum atomic E-state index is -0.646. The zero-order valence-corrected chi connectivity index (χ0v) is 31.3. The number of anilines is 3. The number of benzene rings is 7. The molecular weight excluding hydrogens is 659 g/mol. The van der Waals surface area contributed by atoms with Gasteiger partial charge in [0.05, 0.1) is 27.6 Å². The van der Waals surface area contributed by atoms with Gasteiger partial charge in [-0.2, -0.15) is 0 Å². The second-order valence-electron chi connectivity index (χ2n) is 16.5. The monoisotopic (exact) mass is 699 g/mol. The van der Waals surface area contributed by atoms with E-state index in [2.05, 4.69) is 173 Å². The predicted molar refractivity (Wildman–Crippen MR) is 223 cm³/mol. The standard InChI is InChI=1S/C51H41NO2/c1-49(2,3)34-24-26-38-45(30-34)54-44-29-25-35(31-39(44)48(38)53)52-42-23-15-14-22-41(42)51(32-16-8-6-9-17-32,33-18-10-7-11-19-33)47-43(52)28-27-37-36-20-12-13-21-40(36)50(4,5)46(37)47/h6-31H,1-5H3. The van der Waals surface area contributed by atoms with E-state index in [0.717, 1.165) is 22.6 Å². The predicted octanol–water partition coefficient (Wildman–Crippen LogP) is 12.7. The van der Waals surface area contributed by atoms with Crippen LogP contribution in [0.2, 0.25) is 0 Å². The fourth-order valence-electron chi connectivity index (χ4n) is 9.55. The molecule has 8 aromatic rings. The van der Waals surface area contributed by atoms with Crippen LogP contribution >= 0.6 is 0 Å². The molecule has 0 N–H and O–H groups in total. The Morgan fingerprint density at radius 3 is 1.89 bits per heavy atom. The third kappa shape index (κ3) is 4.39. The molecule has 0 spiro atoms. The first-order valence-electron chi connectivity index (χ1n) is 18.9. The molecule has 7 aromatic carbocycles. The Morgan fingerprint density at radius 1 is 0.537 bits per heavy atom. The summed E-state index contributed by atoms with van der Waals surface area (Å²) in [7, 11) is 0. The average molecular weight is 700 g/mol. The zero-order valence-electron chi connectivity index (χ0n) is 31.3. The fourth-order valence-corrected chi connectivity index (χ4v) is 9.55. The van der Waals surface area contributed by atoms with Crippen molar-refractivity contribution >= 4 is 39.0 Å². The molecule has 3 heteroatoms. The van der Waals surface area contributed by atoms with Crippen LogP contribution in [0.15, 0.2) is 167 Å². The quantitative estimate of drug-likeness (QED) is 0.172. The Labute approximate surface area is 316 Å². The molecule has 2 heterocycles. The molecule has 54 heavy (non-hydrogen) atoms. The third-order valence-electron chi connectivity index (χ3n) is 12.1. The normalized spacial score (nSPS) is 15.1. The highest BCUT2D eigenvalue weighted by Crippen LogP contribution is 2.63. The van der Waals surface area contributed by atoms with Crippen LogP contribution in [0.3, 0.4) is 0 Å². The molecule has 0 radical (unpaired) electrons.